The molecule has 0 saturated carbocycles. The van der Waals surface area contributed by atoms with Crippen LogP contribution in [-0.4, -0.2) is 31.7 Å². The average molecular weight is 268 g/mol. The van der Waals surface area contributed by atoms with Gasteiger partial charge in [-0.1, -0.05) is 13.8 Å². The fraction of sp³-hybridized carbons (Fsp3) is 0.667. The molecule has 1 rings (SSSR count). The number of hydrogen-bond acceptors (Lipinski definition) is 4. The number of carboxylic acid groups (broad SMARTS) is 1. The summed E-state index contributed by atoms with van der Waals surface area (Å²) in [5, 5.41) is 15.4. The van der Waals surface area contributed by atoms with Crippen LogP contribution in [0.15, 0.2) is 6.33 Å². The Hall–Kier alpha value is -1.92. The van der Waals surface area contributed by atoms with E-state index in [1.165, 1.54) is 6.33 Å². The molecule has 7 nitrogen and oxygen atoms in total. The predicted octanol–water partition coefficient (Wildman–Crippen LogP) is 0.883. The van der Waals surface area contributed by atoms with Crippen LogP contribution in [0.1, 0.15) is 45.0 Å². The molecular formula is C12H20N4O3. The maximum absolute atomic E-state index is 11.8. The highest BCUT2D eigenvalue weighted by atomic mass is 16.4. The van der Waals surface area contributed by atoms with Gasteiger partial charge in [-0.05, 0) is 12.3 Å². The van der Waals surface area contributed by atoms with E-state index < -0.39 is 5.97 Å². The zero-order chi connectivity index (χ0) is 14.4. The molecule has 106 valence electrons. The quantitative estimate of drug-likeness (QED) is 0.765. The number of aryl methyl sites for hydroxylation is 1. The van der Waals surface area contributed by atoms with Gasteiger partial charge in [-0.3, -0.25) is 14.3 Å². The number of nitrogens with zero attached hydrogens (tertiary/aromatic N) is 3. The number of carbonyl (C=O) groups excluding carboxylic acids is 1. The van der Waals surface area contributed by atoms with Crippen molar-refractivity contribution in [2.24, 2.45) is 13.0 Å². The summed E-state index contributed by atoms with van der Waals surface area (Å²) >= 11 is 0. The van der Waals surface area contributed by atoms with E-state index in [1.807, 2.05) is 13.8 Å². The average Bonchev–Trinajstić information content (AvgIpc) is 2.71. The number of hydrogen-bond donors (Lipinski definition) is 2. The second-order valence-corrected chi connectivity index (χ2v) is 4.78. The molecule has 2 N–H and O–H groups in total. The predicted molar refractivity (Wildman–Crippen MR) is 68.2 cm³/mol. The lowest BCUT2D eigenvalue weighted by Gasteiger charge is -2.21. The van der Waals surface area contributed by atoms with Crippen LogP contribution in [0, 0.1) is 5.92 Å². The van der Waals surface area contributed by atoms with Gasteiger partial charge in [0.2, 0.25) is 5.91 Å². The first-order valence-electron chi connectivity index (χ1n) is 6.27. The fourth-order valence-corrected chi connectivity index (χ4v) is 1.76. The molecule has 0 bridgehead atoms. The Kier molecular flexibility index (Phi) is 5.47. The standard InChI is InChI=1S/C12H20N4O3/c1-8(2)11(12-13-7-14-16(12)3)15-9(17)5-4-6-10(18)19/h7-8,11H,4-6H2,1-3H3,(H,15,17)(H,18,19)/t11-/m0/s1. The summed E-state index contributed by atoms with van der Waals surface area (Å²) in [4.78, 5) is 26.3. The van der Waals surface area contributed by atoms with Crippen LogP contribution in [0.2, 0.25) is 0 Å². The highest BCUT2D eigenvalue weighted by Gasteiger charge is 2.22. The summed E-state index contributed by atoms with van der Waals surface area (Å²) < 4.78 is 1.63. The first kappa shape index (κ1) is 15.1. The van der Waals surface area contributed by atoms with Gasteiger partial charge in [0, 0.05) is 19.9 Å². The number of aliphatic carboxylic acids is 1. The molecule has 1 atom stereocenters. The van der Waals surface area contributed by atoms with E-state index in [1.54, 1.807) is 11.7 Å². The van der Waals surface area contributed by atoms with Crippen LogP contribution in [0.4, 0.5) is 0 Å². The van der Waals surface area contributed by atoms with Gasteiger partial charge in [-0.15, -0.1) is 0 Å². The molecule has 0 saturated heterocycles. The van der Waals surface area contributed by atoms with Gasteiger partial charge in [-0.2, -0.15) is 5.10 Å². The summed E-state index contributed by atoms with van der Waals surface area (Å²) in [6.07, 6.45) is 1.99. The van der Waals surface area contributed by atoms with Crippen LogP contribution < -0.4 is 5.32 Å². The lowest BCUT2D eigenvalue weighted by atomic mass is 10.0. The molecule has 0 aliphatic carbocycles. The maximum Gasteiger partial charge on any atom is 0.303 e. The van der Waals surface area contributed by atoms with Crippen molar-refractivity contribution in [3.8, 4) is 0 Å². The third-order valence-electron chi connectivity index (χ3n) is 2.80. The van der Waals surface area contributed by atoms with E-state index in [-0.39, 0.29) is 30.7 Å². The minimum atomic E-state index is -0.887. The number of carboxylic acids is 1. The summed E-state index contributed by atoms with van der Waals surface area (Å²) in [7, 11) is 1.77. The van der Waals surface area contributed by atoms with Crippen molar-refractivity contribution in [2.45, 2.75) is 39.2 Å². The van der Waals surface area contributed by atoms with E-state index in [0.29, 0.717) is 12.2 Å². The molecule has 19 heavy (non-hydrogen) atoms. The van der Waals surface area contributed by atoms with Gasteiger partial charge in [0.15, 0.2) is 0 Å². The van der Waals surface area contributed by atoms with E-state index in [0.717, 1.165) is 0 Å². The zero-order valence-electron chi connectivity index (χ0n) is 11.5. The number of amides is 1. The molecule has 0 unspecified atom stereocenters. The lowest BCUT2D eigenvalue weighted by Crippen LogP contribution is -2.33. The topological polar surface area (TPSA) is 97.1 Å². The lowest BCUT2D eigenvalue weighted by molar-refractivity contribution is -0.137. The highest BCUT2D eigenvalue weighted by molar-refractivity contribution is 5.77. The Morgan fingerprint density at radius 1 is 1.42 bits per heavy atom. The first-order chi connectivity index (χ1) is 8.91. The molecule has 0 aliphatic heterocycles. The highest BCUT2D eigenvalue weighted by Crippen LogP contribution is 2.19. The normalized spacial score (nSPS) is 12.4. The van der Waals surface area contributed by atoms with Crippen molar-refractivity contribution < 1.29 is 14.7 Å². The van der Waals surface area contributed by atoms with Crippen molar-refractivity contribution in [1.29, 1.82) is 0 Å². The fourth-order valence-electron chi connectivity index (χ4n) is 1.76. The van der Waals surface area contributed by atoms with Crippen LogP contribution in [0.5, 0.6) is 0 Å². The number of carbonyl (C=O) groups is 2. The van der Waals surface area contributed by atoms with E-state index in [2.05, 4.69) is 15.4 Å². The van der Waals surface area contributed by atoms with Crippen LogP contribution >= 0.6 is 0 Å². The van der Waals surface area contributed by atoms with Gasteiger partial charge in [0.1, 0.15) is 12.2 Å². The number of aromatic nitrogens is 3. The summed E-state index contributed by atoms with van der Waals surface area (Å²) in [5.41, 5.74) is 0. The largest absolute Gasteiger partial charge is 0.481 e. The Bertz CT molecular complexity index is 442. The molecule has 1 aromatic rings. The molecule has 0 aromatic carbocycles. The molecule has 1 amide bonds. The van der Waals surface area contributed by atoms with Crippen LogP contribution in [-0.2, 0) is 16.6 Å². The molecule has 0 aliphatic rings. The van der Waals surface area contributed by atoms with Gasteiger partial charge in [0.25, 0.3) is 0 Å². The molecule has 1 heterocycles. The number of rotatable bonds is 7. The Morgan fingerprint density at radius 3 is 2.58 bits per heavy atom. The zero-order valence-corrected chi connectivity index (χ0v) is 11.5. The van der Waals surface area contributed by atoms with Gasteiger partial charge < -0.3 is 10.4 Å². The number of nitrogens with one attached hydrogen (secondary N) is 1. The maximum atomic E-state index is 11.8. The second kappa shape index (κ2) is 6.86. The molecule has 0 radical (unpaired) electrons. The summed E-state index contributed by atoms with van der Waals surface area (Å²) in [6.45, 7) is 3.97. The minimum absolute atomic E-state index is 0.00370. The smallest absolute Gasteiger partial charge is 0.303 e. The Labute approximate surface area is 112 Å². The summed E-state index contributed by atoms with van der Waals surface area (Å²) in [5.74, 6) is -0.183. The van der Waals surface area contributed by atoms with Crippen molar-refractivity contribution >= 4 is 11.9 Å². The van der Waals surface area contributed by atoms with Gasteiger partial charge >= 0.3 is 5.97 Å². The third kappa shape index (κ3) is 4.69. The van der Waals surface area contributed by atoms with E-state index in [9.17, 15) is 9.59 Å². The SMILES string of the molecule is CC(C)[C@H](NC(=O)CCCC(=O)O)c1ncnn1C. The molecular weight excluding hydrogens is 248 g/mol. The van der Waals surface area contributed by atoms with Crippen molar-refractivity contribution in [3.05, 3.63) is 12.2 Å². The van der Waals surface area contributed by atoms with Crippen molar-refractivity contribution in [2.75, 3.05) is 0 Å². The minimum Gasteiger partial charge on any atom is -0.481 e. The molecule has 0 fully saturated rings. The van der Waals surface area contributed by atoms with E-state index >= 15 is 0 Å². The van der Waals surface area contributed by atoms with Crippen LogP contribution in [0.3, 0.4) is 0 Å². The van der Waals surface area contributed by atoms with E-state index in [4.69, 9.17) is 5.11 Å². The third-order valence-corrected chi connectivity index (χ3v) is 2.80. The molecule has 0 spiro atoms. The molecule has 7 heteroatoms. The second-order valence-electron chi connectivity index (χ2n) is 4.78. The van der Waals surface area contributed by atoms with Crippen LogP contribution in [0.25, 0.3) is 0 Å². The Morgan fingerprint density at radius 2 is 2.11 bits per heavy atom. The van der Waals surface area contributed by atoms with Gasteiger partial charge in [0.05, 0.1) is 6.04 Å². The van der Waals surface area contributed by atoms with Crippen molar-refractivity contribution in [3.63, 3.8) is 0 Å². The summed E-state index contributed by atoms with van der Waals surface area (Å²) in [6, 6.07) is -0.218. The van der Waals surface area contributed by atoms with Crippen molar-refractivity contribution in [1.82, 2.24) is 20.1 Å². The first-order valence-corrected chi connectivity index (χ1v) is 6.27. The Balaban J connectivity index is 2.58. The molecule has 1 aromatic heterocycles. The van der Waals surface area contributed by atoms with Gasteiger partial charge in [-0.25, -0.2) is 4.98 Å². The monoisotopic (exact) mass is 268 g/mol.